The number of aryl methyl sites for hydroxylation is 1. The van der Waals surface area contributed by atoms with Gasteiger partial charge in [0.1, 0.15) is 11.6 Å². The summed E-state index contributed by atoms with van der Waals surface area (Å²) in [6.07, 6.45) is -4.36. The number of fused-ring (bicyclic) bond motifs is 1. The standard InChI is InChI=1S/C21H22F5N3O/c1-19(2,14-9-13(22)7-8-15(14)23)10-20(30,21(24,25)26)11-27-16-5-4-6-17-18(16)29(3)12-28-17/h4-9,12,27,30H,10-11H2,1-3H3. The third-order valence-corrected chi connectivity index (χ3v) is 5.23. The van der Waals surface area contributed by atoms with Crippen molar-refractivity contribution in [1.82, 2.24) is 9.55 Å². The molecule has 162 valence electrons. The smallest absolute Gasteiger partial charge is 0.380 e. The number of nitrogens with one attached hydrogen (secondary N) is 1. The average Bonchev–Trinajstić information content (AvgIpc) is 3.02. The van der Waals surface area contributed by atoms with Crippen LogP contribution in [0.4, 0.5) is 27.6 Å². The first-order valence-electron chi connectivity index (χ1n) is 9.23. The topological polar surface area (TPSA) is 50.1 Å². The molecule has 2 N–H and O–H groups in total. The van der Waals surface area contributed by atoms with Gasteiger partial charge in [-0.2, -0.15) is 13.2 Å². The monoisotopic (exact) mass is 427 g/mol. The van der Waals surface area contributed by atoms with Crippen molar-refractivity contribution in [2.24, 2.45) is 7.05 Å². The lowest BCUT2D eigenvalue weighted by atomic mass is 9.74. The van der Waals surface area contributed by atoms with Gasteiger partial charge < -0.3 is 15.0 Å². The van der Waals surface area contributed by atoms with Crippen LogP contribution in [0.25, 0.3) is 11.0 Å². The van der Waals surface area contributed by atoms with Gasteiger partial charge in [-0.05, 0) is 47.7 Å². The number of rotatable bonds is 6. The molecule has 3 rings (SSSR count). The highest BCUT2D eigenvalue weighted by molar-refractivity contribution is 5.88. The van der Waals surface area contributed by atoms with Crippen molar-refractivity contribution in [3.05, 3.63) is 59.9 Å². The number of imidazole rings is 1. The zero-order valence-corrected chi connectivity index (χ0v) is 16.7. The number of aliphatic hydroxyl groups is 1. The summed E-state index contributed by atoms with van der Waals surface area (Å²) in [5, 5.41) is 13.3. The summed E-state index contributed by atoms with van der Waals surface area (Å²) >= 11 is 0. The fourth-order valence-corrected chi connectivity index (χ4v) is 3.70. The summed E-state index contributed by atoms with van der Waals surface area (Å²) in [7, 11) is 1.70. The molecule has 0 bridgehead atoms. The van der Waals surface area contributed by atoms with Crippen molar-refractivity contribution >= 4 is 16.7 Å². The molecule has 0 aliphatic rings. The lowest BCUT2D eigenvalue weighted by Gasteiger charge is -2.38. The Kier molecular flexibility index (Phi) is 5.53. The van der Waals surface area contributed by atoms with Crippen LogP contribution < -0.4 is 5.32 Å². The average molecular weight is 427 g/mol. The molecular formula is C21H22F5N3O. The second kappa shape index (κ2) is 7.54. The van der Waals surface area contributed by atoms with Crippen molar-refractivity contribution in [2.75, 3.05) is 11.9 Å². The maximum Gasteiger partial charge on any atom is 0.418 e. The predicted octanol–water partition coefficient (Wildman–Crippen LogP) is 4.92. The lowest BCUT2D eigenvalue weighted by Crippen LogP contribution is -2.53. The molecule has 1 heterocycles. The lowest BCUT2D eigenvalue weighted by molar-refractivity contribution is -0.260. The molecule has 1 unspecified atom stereocenters. The predicted molar refractivity (Wildman–Crippen MR) is 104 cm³/mol. The van der Waals surface area contributed by atoms with E-state index in [9.17, 15) is 27.1 Å². The Morgan fingerprint density at radius 1 is 1.10 bits per heavy atom. The summed E-state index contributed by atoms with van der Waals surface area (Å²) in [5.41, 5.74) is -3.41. The molecule has 0 fully saturated rings. The Bertz CT molecular complexity index is 1060. The number of para-hydroxylation sites is 1. The van der Waals surface area contributed by atoms with E-state index in [-0.39, 0.29) is 5.56 Å². The highest BCUT2D eigenvalue weighted by Gasteiger charge is 2.56. The van der Waals surface area contributed by atoms with E-state index in [1.54, 1.807) is 29.8 Å². The second-order valence-electron chi connectivity index (χ2n) is 8.10. The normalized spacial score (nSPS) is 14.7. The highest BCUT2D eigenvalue weighted by atomic mass is 19.4. The second-order valence-corrected chi connectivity index (χ2v) is 8.10. The number of hydrogen-bond acceptors (Lipinski definition) is 3. The number of halogens is 5. The number of nitrogens with zero attached hydrogens (tertiary/aromatic N) is 2. The van der Waals surface area contributed by atoms with Gasteiger partial charge in [-0.25, -0.2) is 13.8 Å². The van der Waals surface area contributed by atoms with Crippen molar-refractivity contribution in [3.63, 3.8) is 0 Å². The van der Waals surface area contributed by atoms with E-state index in [2.05, 4.69) is 10.3 Å². The molecule has 9 heteroatoms. The number of anilines is 1. The Morgan fingerprint density at radius 2 is 1.80 bits per heavy atom. The van der Waals surface area contributed by atoms with E-state index < -0.39 is 41.8 Å². The third kappa shape index (κ3) is 4.12. The number of hydrogen-bond donors (Lipinski definition) is 2. The van der Waals surface area contributed by atoms with Crippen LogP contribution in [-0.2, 0) is 12.5 Å². The molecule has 1 aromatic heterocycles. The molecule has 0 radical (unpaired) electrons. The minimum absolute atomic E-state index is 0.237. The van der Waals surface area contributed by atoms with Gasteiger partial charge in [0.25, 0.3) is 0 Å². The number of aromatic nitrogens is 2. The van der Waals surface area contributed by atoms with Crippen LogP contribution in [0.3, 0.4) is 0 Å². The summed E-state index contributed by atoms with van der Waals surface area (Å²) in [6, 6.07) is 7.54. The zero-order valence-electron chi connectivity index (χ0n) is 16.7. The van der Waals surface area contributed by atoms with Crippen LogP contribution in [0.1, 0.15) is 25.8 Å². The SMILES string of the molecule is Cn1cnc2cccc(NCC(O)(CC(C)(C)c3cc(F)ccc3F)C(F)(F)F)c21. The van der Waals surface area contributed by atoms with E-state index in [1.807, 2.05) is 0 Å². The summed E-state index contributed by atoms with van der Waals surface area (Å²) in [5.74, 6) is -1.60. The number of alkyl halides is 3. The van der Waals surface area contributed by atoms with Crippen molar-refractivity contribution < 1.29 is 27.1 Å². The van der Waals surface area contributed by atoms with E-state index in [1.165, 1.54) is 20.2 Å². The third-order valence-electron chi connectivity index (χ3n) is 5.23. The van der Waals surface area contributed by atoms with Gasteiger partial charge >= 0.3 is 6.18 Å². The summed E-state index contributed by atoms with van der Waals surface area (Å²) in [6.45, 7) is 1.80. The first kappa shape index (κ1) is 22.0. The van der Waals surface area contributed by atoms with Crippen molar-refractivity contribution in [1.29, 1.82) is 0 Å². The molecule has 0 aliphatic carbocycles. The van der Waals surface area contributed by atoms with E-state index in [0.717, 1.165) is 18.2 Å². The highest BCUT2D eigenvalue weighted by Crippen LogP contribution is 2.42. The molecule has 2 aromatic carbocycles. The van der Waals surface area contributed by atoms with Crippen LogP contribution in [-0.4, -0.2) is 33.0 Å². The largest absolute Gasteiger partial charge is 0.418 e. The minimum atomic E-state index is -5.01. The van der Waals surface area contributed by atoms with Gasteiger partial charge in [0, 0.05) is 7.05 Å². The Morgan fingerprint density at radius 3 is 2.47 bits per heavy atom. The van der Waals surface area contributed by atoms with Crippen molar-refractivity contribution in [3.8, 4) is 0 Å². The van der Waals surface area contributed by atoms with Crippen LogP contribution in [0, 0.1) is 11.6 Å². The zero-order chi connectivity index (χ0) is 22.3. The molecule has 3 aromatic rings. The van der Waals surface area contributed by atoms with Gasteiger partial charge in [0.2, 0.25) is 0 Å². The Labute approximate surface area is 170 Å². The maximum atomic E-state index is 14.2. The fourth-order valence-electron chi connectivity index (χ4n) is 3.70. The minimum Gasteiger partial charge on any atom is -0.380 e. The van der Waals surface area contributed by atoms with Crippen molar-refractivity contribution in [2.45, 2.75) is 37.5 Å². The quantitative estimate of drug-likeness (QED) is 0.549. The van der Waals surface area contributed by atoms with Crippen LogP contribution >= 0.6 is 0 Å². The van der Waals surface area contributed by atoms with Crippen LogP contribution in [0.2, 0.25) is 0 Å². The van der Waals surface area contributed by atoms with Crippen LogP contribution in [0.5, 0.6) is 0 Å². The molecule has 0 amide bonds. The summed E-state index contributed by atoms with van der Waals surface area (Å²) in [4.78, 5) is 4.15. The fraction of sp³-hybridized carbons (Fsp3) is 0.381. The van der Waals surface area contributed by atoms with E-state index in [0.29, 0.717) is 16.7 Å². The van der Waals surface area contributed by atoms with E-state index in [4.69, 9.17) is 0 Å². The Balaban J connectivity index is 1.93. The van der Waals surface area contributed by atoms with Gasteiger partial charge in [0.05, 0.1) is 29.6 Å². The number of benzene rings is 2. The van der Waals surface area contributed by atoms with Gasteiger partial charge in [0.15, 0.2) is 5.60 Å². The first-order valence-corrected chi connectivity index (χ1v) is 9.23. The van der Waals surface area contributed by atoms with Gasteiger partial charge in [-0.1, -0.05) is 19.9 Å². The molecule has 0 saturated carbocycles. The molecular weight excluding hydrogens is 405 g/mol. The molecule has 0 saturated heterocycles. The van der Waals surface area contributed by atoms with Gasteiger partial charge in [-0.15, -0.1) is 0 Å². The Hall–Kier alpha value is -2.68. The molecule has 0 aliphatic heterocycles. The molecule has 30 heavy (non-hydrogen) atoms. The summed E-state index contributed by atoms with van der Waals surface area (Å²) < 4.78 is 71.1. The van der Waals surface area contributed by atoms with Gasteiger partial charge in [-0.3, -0.25) is 0 Å². The molecule has 0 spiro atoms. The molecule has 4 nitrogen and oxygen atoms in total. The van der Waals surface area contributed by atoms with E-state index >= 15 is 0 Å². The molecule has 1 atom stereocenters. The maximum absolute atomic E-state index is 14.2. The first-order chi connectivity index (χ1) is 13.8. The van der Waals surface area contributed by atoms with Crippen LogP contribution in [0.15, 0.2) is 42.7 Å².